The van der Waals surface area contributed by atoms with Gasteiger partial charge in [-0.2, -0.15) is 16.9 Å². The average Bonchev–Trinajstić information content (AvgIpc) is 2.79. The lowest BCUT2D eigenvalue weighted by molar-refractivity contribution is 0.246. The summed E-state index contributed by atoms with van der Waals surface area (Å²) in [5.74, 6) is 3.54. The van der Waals surface area contributed by atoms with Crippen molar-refractivity contribution in [2.75, 3.05) is 18.1 Å². The average molecular weight is 254 g/mol. The quantitative estimate of drug-likeness (QED) is 0.788. The summed E-state index contributed by atoms with van der Waals surface area (Å²) in [4.78, 5) is 4.13. The Balaban J connectivity index is 1.67. The molecule has 2 heterocycles. The highest BCUT2D eigenvalue weighted by Crippen LogP contribution is 2.33. The summed E-state index contributed by atoms with van der Waals surface area (Å²) in [7, 11) is 0. The molecule has 1 aromatic rings. The van der Waals surface area contributed by atoms with Gasteiger partial charge < -0.3 is 5.32 Å². The van der Waals surface area contributed by atoms with Gasteiger partial charge in [0.25, 0.3) is 0 Å². The second kappa shape index (κ2) is 5.87. The van der Waals surface area contributed by atoms with Crippen molar-refractivity contribution in [1.29, 1.82) is 0 Å². The van der Waals surface area contributed by atoms with Crippen molar-refractivity contribution >= 4 is 11.8 Å². The topological polar surface area (TPSA) is 53.6 Å². The molecule has 0 saturated carbocycles. The molecule has 1 unspecified atom stereocenters. The summed E-state index contributed by atoms with van der Waals surface area (Å²) in [5, 5.41) is 10.4. The van der Waals surface area contributed by atoms with Crippen LogP contribution >= 0.6 is 11.8 Å². The maximum atomic E-state index is 4.13. The molecule has 0 aliphatic carbocycles. The van der Waals surface area contributed by atoms with Crippen molar-refractivity contribution in [2.24, 2.45) is 5.41 Å². The molecule has 1 fully saturated rings. The lowest BCUT2D eigenvalue weighted by Gasteiger charge is -2.38. The minimum Gasteiger partial charge on any atom is -0.313 e. The van der Waals surface area contributed by atoms with Crippen LogP contribution in [0.4, 0.5) is 0 Å². The van der Waals surface area contributed by atoms with E-state index in [4.69, 9.17) is 0 Å². The fourth-order valence-electron chi connectivity index (χ4n) is 2.15. The third kappa shape index (κ3) is 3.71. The highest BCUT2D eigenvalue weighted by Gasteiger charge is 2.31. The van der Waals surface area contributed by atoms with Gasteiger partial charge in [0, 0.05) is 18.2 Å². The SMILES string of the molecule is CC1(C)CCSCC1NCCCc1ncn[nH]1. The molecule has 1 atom stereocenters. The highest BCUT2D eigenvalue weighted by molar-refractivity contribution is 7.99. The molecule has 96 valence electrons. The van der Waals surface area contributed by atoms with E-state index in [1.54, 1.807) is 6.33 Å². The van der Waals surface area contributed by atoms with Gasteiger partial charge in [0.15, 0.2) is 0 Å². The molecular weight excluding hydrogens is 232 g/mol. The van der Waals surface area contributed by atoms with Crippen molar-refractivity contribution in [3.8, 4) is 0 Å². The number of H-pyrrole nitrogens is 1. The number of aromatic amines is 1. The number of nitrogens with one attached hydrogen (secondary N) is 2. The largest absolute Gasteiger partial charge is 0.313 e. The minimum atomic E-state index is 0.442. The van der Waals surface area contributed by atoms with Crippen LogP contribution in [0.5, 0.6) is 0 Å². The molecule has 5 heteroatoms. The van der Waals surface area contributed by atoms with Gasteiger partial charge in [-0.1, -0.05) is 13.8 Å². The number of hydrogen-bond donors (Lipinski definition) is 2. The Hall–Kier alpha value is -0.550. The summed E-state index contributed by atoms with van der Waals surface area (Å²) in [6.45, 7) is 5.82. The molecule has 0 bridgehead atoms. The van der Waals surface area contributed by atoms with E-state index in [1.165, 1.54) is 17.9 Å². The first kappa shape index (κ1) is 12.9. The van der Waals surface area contributed by atoms with E-state index in [0.717, 1.165) is 25.2 Å². The number of rotatable bonds is 5. The van der Waals surface area contributed by atoms with Gasteiger partial charge >= 0.3 is 0 Å². The van der Waals surface area contributed by atoms with Crippen LogP contribution in [0.25, 0.3) is 0 Å². The van der Waals surface area contributed by atoms with Gasteiger partial charge in [-0.05, 0) is 30.6 Å². The molecule has 1 aromatic heterocycles. The number of hydrogen-bond acceptors (Lipinski definition) is 4. The van der Waals surface area contributed by atoms with Crippen LogP contribution in [0.1, 0.15) is 32.5 Å². The van der Waals surface area contributed by atoms with E-state index in [-0.39, 0.29) is 0 Å². The molecule has 2 N–H and O–H groups in total. The molecule has 4 nitrogen and oxygen atoms in total. The first-order chi connectivity index (χ1) is 8.18. The molecule has 1 saturated heterocycles. The maximum absolute atomic E-state index is 4.13. The second-order valence-corrected chi connectivity index (χ2v) is 6.51. The van der Waals surface area contributed by atoms with Crippen molar-refractivity contribution < 1.29 is 0 Å². The first-order valence-electron chi connectivity index (χ1n) is 6.34. The molecule has 0 amide bonds. The number of thioether (sulfide) groups is 1. The van der Waals surface area contributed by atoms with Crippen molar-refractivity contribution in [3.05, 3.63) is 12.2 Å². The number of nitrogens with zero attached hydrogens (tertiary/aromatic N) is 2. The molecular formula is C12H22N4S. The van der Waals surface area contributed by atoms with E-state index < -0.39 is 0 Å². The number of aromatic nitrogens is 3. The Kier molecular flexibility index (Phi) is 4.45. The monoisotopic (exact) mass is 254 g/mol. The van der Waals surface area contributed by atoms with Crippen LogP contribution in [0.3, 0.4) is 0 Å². The van der Waals surface area contributed by atoms with E-state index in [0.29, 0.717) is 11.5 Å². The predicted molar refractivity (Wildman–Crippen MR) is 72.2 cm³/mol. The third-order valence-electron chi connectivity index (χ3n) is 3.56. The van der Waals surface area contributed by atoms with Gasteiger partial charge in [-0.15, -0.1) is 0 Å². The van der Waals surface area contributed by atoms with E-state index in [9.17, 15) is 0 Å². The van der Waals surface area contributed by atoms with E-state index in [2.05, 4.69) is 46.1 Å². The van der Waals surface area contributed by atoms with Crippen LogP contribution < -0.4 is 5.32 Å². The van der Waals surface area contributed by atoms with Gasteiger partial charge in [-0.25, -0.2) is 4.98 Å². The lowest BCUT2D eigenvalue weighted by atomic mass is 9.82. The molecule has 0 radical (unpaired) electrons. The maximum Gasteiger partial charge on any atom is 0.137 e. The Morgan fingerprint density at radius 3 is 3.18 bits per heavy atom. The molecule has 2 rings (SSSR count). The van der Waals surface area contributed by atoms with Crippen molar-refractivity contribution in [3.63, 3.8) is 0 Å². The van der Waals surface area contributed by atoms with Crippen LogP contribution in [-0.4, -0.2) is 39.3 Å². The smallest absolute Gasteiger partial charge is 0.137 e. The van der Waals surface area contributed by atoms with E-state index in [1.807, 2.05) is 0 Å². The fourth-order valence-corrected chi connectivity index (χ4v) is 3.80. The van der Waals surface area contributed by atoms with Crippen LogP contribution in [0.2, 0.25) is 0 Å². The van der Waals surface area contributed by atoms with E-state index >= 15 is 0 Å². The van der Waals surface area contributed by atoms with Crippen LogP contribution in [0.15, 0.2) is 6.33 Å². The zero-order chi connectivity index (χ0) is 12.1. The Labute approximate surface area is 107 Å². The first-order valence-corrected chi connectivity index (χ1v) is 7.49. The van der Waals surface area contributed by atoms with Gasteiger partial charge in [0.2, 0.25) is 0 Å². The lowest BCUT2D eigenvalue weighted by Crippen LogP contribution is -2.46. The second-order valence-electron chi connectivity index (χ2n) is 5.36. The van der Waals surface area contributed by atoms with Crippen molar-refractivity contribution in [2.45, 2.75) is 39.2 Å². The summed E-state index contributed by atoms with van der Waals surface area (Å²) < 4.78 is 0. The van der Waals surface area contributed by atoms with Gasteiger partial charge in [0.1, 0.15) is 12.2 Å². The Morgan fingerprint density at radius 2 is 2.47 bits per heavy atom. The van der Waals surface area contributed by atoms with Gasteiger partial charge in [0.05, 0.1) is 0 Å². The highest BCUT2D eigenvalue weighted by atomic mass is 32.2. The Morgan fingerprint density at radius 1 is 1.59 bits per heavy atom. The standard InChI is InChI=1S/C12H22N4S/c1-12(2)5-7-17-8-10(12)13-6-3-4-11-14-9-15-16-11/h9-10,13H,3-8H2,1-2H3,(H,14,15,16). The van der Waals surface area contributed by atoms with Gasteiger partial charge in [-0.3, -0.25) is 5.10 Å². The Bertz CT molecular complexity index is 323. The predicted octanol–water partition coefficient (Wildman–Crippen LogP) is 1.86. The summed E-state index contributed by atoms with van der Waals surface area (Å²) in [5.41, 5.74) is 0.442. The normalized spacial score (nSPS) is 23.8. The van der Waals surface area contributed by atoms with Crippen molar-refractivity contribution in [1.82, 2.24) is 20.5 Å². The minimum absolute atomic E-state index is 0.442. The molecule has 0 spiro atoms. The van der Waals surface area contributed by atoms with Crippen LogP contribution in [0, 0.1) is 5.41 Å². The molecule has 1 aliphatic heterocycles. The zero-order valence-electron chi connectivity index (χ0n) is 10.7. The van der Waals surface area contributed by atoms with Crippen LogP contribution in [-0.2, 0) is 6.42 Å². The molecule has 17 heavy (non-hydrogen) atoms. The summed E-state index contributed by atoms with van der Waals surface area (Å²) in [6.07, 6.45) is 4.99. The fraction of sp³-hybridized carbons (Fsp3) is 0.833. The number of aryl methyl sites for hydroxylation is 1. The molecule has 1 aliphatic rings. The molecule has 0 aromatic carbocycles. The summed E-state index contributed by atoms with van der Waals surface area (Å²) >= 11 is 2.07. The zero-order valence-corrected chi connectivity index (χ0v) is 11.5. The third-order valence-corrected chi connectivity index (χ3v) is 4.63. The summed E-state index contributed by atoms with van der Waals surface area (Å²) in [6, 6.07) is 0.649.